The van der Waals surface area contributed by atoms with Crippen LogP contribution in [-0.4, -0.2) is 38.1 Å². The molecule has 1 aromatic heterocycles. The quantitative estimate of drug-likeness (QED) is 0.260. The molecule has 4 aromatic rings. The molecule has 0 aliphatic rings. The number of anilines is 1. The van der Waals surface area contributed by atoms with Crippen LogP contribution in [0.3, 0.4) is 0 Å². The lowest BCUT2D eigenvalue weighted by molar-refractivity contribution is 0.0742. The van der Waals surface area contributed by atoms with Gasteiger partial charge in [-0.15, -0.1) is 0 Å². The number of carbonyl (C=O) groups excluding carboxylic acids is 1. The summed E-state index contributed by atoms with van der Waals surface area (Å²) in [6, 6.07) is 23.9. The van der Waals surface area contributed by atoms with E-state index in [9.17, 15) is 9.59 Å². The summed E-state index contributed by atoms with van der Waals surface area (Å²) in [5.41, 5.74) is 2.43. The number of ether oxygens (including phenoxy) is 2. The molecule has 1 amide bonds. The molecule has 7 nitrogen and oxygen atoms in total. The van der Waals surface area contributed by atoms with E-state index in [4.69, 9.17) is 13.9 Å². The molecule has 4 rings (SSSR count). The molecule has 7 heteroatoms. The number of carbonyl (C=O) groups is 1. The molecule has 180 valence electrons. The fraction of sp³-hybridized carbons (Fsp3) is 0.214. The van der Waals surface area contributed by atoms with E-state index in [1.165, 1.54) is 6.07 Å². The topological polar surface area (TPSA) is 81.0 Å². The predicted molar refractivity (Wildman–Crippen MR) is 136 cm³/mol. The van der Waals surface area contributed by atoms with Gasteiger partial charge in [0.15, 0.2) is 11.5 Å². The van der Waals surface area contributed by atoms with E-state index in [-0.39, 0.29) is 5.91 Å². The maximum Gasteiger partial charge on any atom is 0.338 e. The SMILES string of the molecule is COc1ccc(C(=O)N(CCCNc2cc(=O)oc3ccccc23)Cc2ccccc2)cc1OC. The van der Waals surface area contributed by atoms with Crippen LogP contribution < -0.4 is 20.4 Å². The molecule has 0 radical (unpaired) electrons. The third kappa shape index (κ3) is 5.81. The number of para-hydroxylation sites is 1. The number of benzene rings is 3. The number of rotatable bonds is 10. The van der Waals surface area contributed by atoms with Gasteiger partial charge in [-0.2, -0.15) is 0 Å². The molecule has 0 aliphatic heterocycles. The minimum atomic E-state index is -0.402. The van der Waals surface area contributed by atoms with Gasteiger partial charge in [-0.1, -0.05) is 42.5 Å². The highest BCUT2D eigenvalue weighted by Crippen LogP contribution is 2.28. The Kier molecular flexibility index (Phi) is 7.67. The Morgan fingerprint density at radius 1 is 0.914 bits per heavy atom. The number of methoxy groups -OCH3 is 2. The molecular weight excluding hydrogens is 444 g/mol. The summed E-state index contributed by atoms with van der Waals surface area (Å²) in [4.78, 5) is 27.2. The zero-order chi connectivity index (χ0) is 24.6. The minimum Gasteiger partial charge on any atom is -0.493 e. The van der Waals surface area contributed by atoms with Crippen molar-refractivity contribution in [2.45, 2.75) is 13.0 Å². The highest BCUT2D eigenvalue weighted by molar-refractivity contribution is 5.95. The van der Waals surface area contributed by atoms with Gasteiger partial charge in [0.1, 0.15) is 5.58 Å². The van der Waals surface area contributed by atoms with Crippen LogP contribution in [0.1, 0.15) is 22.3 Å². The van der Waals surface area contributed by atoms with E-state index >= 15 is 0 Å². The first-order valence-electron chi connectivity index (χ1n) is 11.4. The lowest BCUT2D eigenvalue weighted by Gasteiger charge is -2.24. The number of fused-ring (bicyclic) bond motifs is 1. The van der Waals surface area contributed by atoms with Crippen molar-refractivity contribution in [2.75, 3.05) is 32.6 Å². The van der Waals surface area contributed by atoms with Gasteiger partial charge in [0, 0.05) is 36.7 Å². The maximum absolute atomic E-state index is 13.5. The lowest BCUT2D eigenvalue weighted by Crippen LogP contribution is -2.32. The number of nitrogens with zero attached hydrogens (tertiary/aromatic N) is 1. The molecule has 0 atom stereocenters. The first-order valence-corrected chi connectivity index (χ1v) is 11.4. The Hall–Kier alpha value is -4.26. The zero-order valence-corrected chi connectivity index (χ0v) is 19.8. The minimum absolute atomic E-state index is 0.0967. The molecule has 0 saturated heterocycles. The summed E-state index contributed by atoms with van der Waals surface area (Å²) in [7, 11) is 3.11. The largest absolute Gasteiger partial charge is 0.493 e. The fourth-order valence-corrected chi connectivity index (χ4v) is 3.96. The first kappa shape index (κ1) is 23.9. The van der Waals surface area contributed by atoms with Crippen molar-refractivity contribution in [1.82, 2.24) is 4.90 Å². The lowest BCUT2D eigenvalue weighted by atomic mass is 10.1. The molecule has 0 fully saturated rings. The van der Waals surface area contributed by atoms with Crippen LogP contribution in [0.5, 0.6) is 11.5 Å². The molecule has 0 saturated carbocycles. The van der Waals surface area contributed by atoms with Crippen molar-refractivity contribution in [3.8, 4) is 11.5 Å². The van der Waals surface area contributed by atoms with Crippen molar-refractivity contribution in [2.24, 2.45) is 0 Å². The number of hydrogen-bond donors (Lipinski definition) is 1. The van der Waals surface area contributed by atoms with Gasteiger partial charge in [-0.3, -0.25) is 4.79 Å². The number of hydrogen-bond acceptors (Lipinski definition) is 6. The van der Waals surface area contributed by atoms with E-state index in [2.05, 4.69) is 5.32 Å². The van der Waals surface area contributed by atoms with Crippen molar-refractivity contribution in [3.05, 3.63) is 100 Å². The summed E-state index contributed by atoms with van der Waals surface area (Å²) in [6.45, 7) is 1.58. The summed E-state index contributed by atoms with van der Waals surface area (Å²) >= 11 is 0. The van der Waals surface area contributed by atoms with Gasteiger partial charge in [0.25, 0.3) is 5.91 Å². The molecule has 1 N–H and O–H groups in total. The Balaban J connectivity index is 1.49. The first-order chi connectivity index (χ1) is 17.1. The van der Waals surface area contributed by atoms with Gasteiger partial charge >= 0.3 is 5.63 Å². The Labute approximate surface area is 203 Å². The summed E-state index contributed by atoms with van der Waals surface area (Å²) in [5, 5.41) is 4.17. The van der Waals surface area contributed by atoms with Crippen LogP contribution in [0, 0.1) is 0 Å². The van der Waals surface area contributed by atoms with Crippen LogP contribution in [0.25, 0.3) is 11.0 Å². The van der Waals surface area contributed by atoms with Gasteiger partial charge in [-0.05, 0) is 42.3 Å². The second kappa shape index (κ2) is 11.2. The molecule has 3 aromatic carbocycles. The molecule has 0 aliphatic carbocycles. The smallest absolute Gasteiger partial charge is 0.338 e. The van der Waals surface area contributed by atoms with Crippen LogP contribution >= 0.6 is 0 Å². The molecule has 0 spiro atoms. The van der Waals surface area contributed by atoms with Gasteiger partial charge in [0.2, 0.25) is 0 Å². The van der Waals surface area contributed by atoms with Gasteiger partial charge < -0.3 is 24.1 Å². The average Bonchev–Trinajstić information content (AvgIpc) is 2.89. The van der Waals surface area contributed by atoms with Crippen molar-refractivity contribution in [3.63, 3.8) is 0 Å². The van der Waals surface area contributed by atoms with Gasteiger partial charge in [-0.25, -0.2) is 4.79 Å². The number of nitrogens with one attached hydrogen (secondary N) is 1. The Morgan fingerprint density at radius 3 is 2.43 bits per heavy atom. The molecule has 35 heavy (non-hydrogen) atoms. The highest BCUT2D eigenvalue weighted by atomic mass is 16.5. The van der Waals surface area contributed by atoms with E-state index in [0.717, 1.165) is 16.6 Å². The summed E-state index contributed by atoms with van der Waals surface area (Å²) in [5.74, 6) is 0.984. The standard InChI is InChI=1S/C28H28N2O5/c1-33-25-14-13-21(17-26(25)34-2)28(32)30(19-20-9-4-3-5-10-20)16-8-15-29-23-18-27(31)35-24-12-7-6-11-22(23)24/h3-7,9-14,17-18,29H,8,15-16,19H2,1-2H3. The van der Waals surface area contributed by atoms with Crippen LogP contribution in [0.2, 0.25) is 0 Å². The third-order valence-electron chi connectivity index (χ3n) is 5.70. The van der Waals surface area contributed by atoms with E-state index in [0.29, 0.717) is 48.7 Å². The Bertz CT molecular complexity index is 1350. The molecular formula is C28H28N2O5. The molecule has 0 unspecified atom stereocenters. The predicted octanol–water partition coefficient (Wildman–Crippen LogP) is 4.95. The second-order valence-electron chi connectivity index (χ2n) is 8.04. The van der Waals surface area contributed by atoms with Crippen LogP contribution in [0.15, 0.2) is 88.1 Å². The normalized spacial score (nSPS) is 10.7. The fourth-order valence-electron chi connectivity index (χ4n) is 3.96. The van der Waals surface area contributed by atoms with Crippen molar-refractivity contribution >= 4 is 22.6 Å². The van der Waals surface area contributed by atoms with E-state index in [1.807, 2.05) is 53.4 Å². The third-order valence-corrected chi connectivity index (χ3v) is 5.70. The van der Waals surface area contributed by atoms with Crippen molar-refractivity contribution < 1.29 is 18.7 Å². The second-order valence-corrected chi connectivity index (χ2v) is 8.04. The molecule has 1 heterocycles. The summed E-state index contributed by atoms with van der Waals surface area (Å²) in [6.07, 6.45) is 0.681. The molecule has 0 bridgehead atoms. The average molecular weight is 473 g/mol. The Morgan fingerprint density at radius 2 is 1.66 bits per heavy atom. The monoisotopic (exact) mass is 472 g/mol. The summed E-state index contributed by atoms with van der Waals surface area (Å²) < 4.78 is 15.9. The number of amides is 1. The van der Waals surface area contributed by atoms with Crippen LogP contribution in [0.4, 0.5) is 5.69 Å². The maximum atomic E-state index is 13.5. The van der Waals surface area contributed by atoms with E-state index in [1.54, 1.807) is 38.5 Å². The highest BCUT2D eigenvalue weighted by Gasteiger charge is 2.18. The zero-order valence-electron chi connectivity index (χ0n) is 19.8. The van der Waals surface area contributed by atoms with Crippen molar-refractivity contribution in [1.29, 1.82) is 0 Å². The van der Waals surface area contributed by atoms with E-state index < -0.39 is 5.63 Å². The van der Waals surface area contributed by atoms with Crippen LogP contribution in [-0.2, 0) is 6.54 Å². The van der Waals surface area contributed by atoms with Gasteiger partial charge in [0.05, 0.1) is 19.9 Å².